The molecule has 0 saturated carbocycles. The zero-order chi connectivity index (χ0) is 20.4. The molecule has 1 amide bonds. The number of hydrogen-bond acceptors (Lipinski definition) is 3. The third-order valence-electron chi connectivity index (χ3n) is 5.59. The highest BCUT2D eigenvalue weighted by Gasteiger charge is 2.27. The number of rotatable bonds is 6. The van der Waals surface area contributed by atoms with Gasteiger partial charge in [0, 0.05) is 25.0 Å². The van der Waals surface area contributed by atoms with Gasteiger partial charge in [-0.3, -0.25) is 9.69 Å². The summed E-state index contributed by atoms with van der Waals surface area (Å²) in [5, 5.41) is 7.72. The van der Waals surface area contributed by atoms with Gasteiger partial charge in [-0.05, 0) is 69.3 Å². The number of aromatic nitrogens is 3. The Hall–Kier alpha value is -2.93. The Balaban J connectivity index is 1.67. The number of nitrogens with zero attached hydrogens (tertiary/aromatic N) is 4. The predicted octanol–water partition coefficient (Wildman–Crippen LogP) is 3.32. The topological polar surface area (TPSA) is 55.1 Å². The zero-order valence-electron chi connectivity index (χ0n) is 16.8. The van der Waals surface area contributed by atoms with Crippen molar-refractivity contribution in [3.8, 4) is 11.5 Å². The fraction of sp³-hybridized carbons (Fsp3) is 0.364. The molecule has 1 fully saturated rings. The Morgan fingerprint density at radius 2 is 1.97 bits per heavy atom. The predicted molar refractivity (Wildman–Crippen MR) is 110 cm³/mol. The highest BCUT2D eigenvalue weighted by Crippen LogP contribution is 2.24. The van der Waals surface area contributed by atoms with Gasteiger partial charge in [0.1, 0.15) is 11.4 Å². The summed E-state index contributed by atoms with van der Waals surface area (Å²) >= 11 is 0. The molecule has 152 valence electrons. The Labute approximate surface area is 169 Å². The van der Waals surface area contributed by atoms with Crippen LogP contribution in [-0.2, 0) is 0 Å². The number of hydrogen-bond donors (Lipinski definition) is 1. The highest BCUT2D eigenvalue weighted by atomic mass is 19.1. The van der Waals surface area contributed by atoms with Crippen molar-refractivity contribution in [1.82, 2.24) is 24.6 Å². The van der Waals surface area contributed by atoms with Gasteiger partial charge in [0.2, 0.25) is 0 Å². The van der Waals surface area contributed by atoms with Crippen molar-refractivity contribution in [2.75, 3.05) is 19.6 Å². The largest absolute Gasteiger partial charge is 0.350 e. The van der Waals surface area contributed by atoms with Crippen LogP contribution >= 0.6 is 0 Å². The molecular weight excluding hydrogens is 369 g/mol. The number of likely N-dealkylation sites (tertiary alicyclic amines) is 1. The molecule has 2 aromatic heterocycles. The van der Waals surface area contributed by atoms with Gasteiger partial charge >= 0.3 is 0 Å². The van der Waals surface area contributed by atoms with Gasteiger partial charge in [0.25, 0.3) is 5.91 Å². The van der Waals surface area contributed by atoms with E-state index in [1.54, 1.807) is 16.8 Å². The second-order valence-corrected chi connectivity index (χ2v) is 7.40. The Morgan fingerprint density at radius 1 is 1.24 bits per heavy atom. The molecule has 0 spiro atoms. The fourth-order valence-electron chi connectivity index (χ4n) is 4.10. The maximum Gasteiger partial charge on any atom is 0.257 e. The van der Waals surface area contributed by atoms with Crippen molar-refractivity contribution < 1.29 is 9.18 Å². The first-order valence-electron chi connectivity index (χ1n) is 10.1. The summed E-state index contributed by atoms with van der Waals surface area (Å²) in [5.74, 6) is 0.202. The average molecular weight is 395 g/mol. The maximum absolute atomic E-state index is 13.4. The lowest BCUT2D eigenvalue weighted by Gasteiger charge is -2.23. The van der Waals surface area contributed by atoms with Crippen molar-refractivity contribution in [3.63, 3.8) is 0 Å². The smallest absolute Gasteiger partial charge is 0.257 e. The van der Waals surface area contributed by atoms with E-state index in [1.807, 2.05) is 36.0 Å². The normalized spacial score (nSPS) is 17.0. The van der Waals surface area contributed by atoms with Crippen molar-refractivity contribution in [2.45, 2.75) is 32.7 Å². The van der Waals surface area contributed by atoms with Crippen LogP contribution in [0.2, 0.25) is 0 Å². The molecule has 1 atom stereocenters. The first-order chi connectivity index (χ1) is 14.1. The number of likely N-dealkylation sites (N-methyl/N-ethyl adjacent to an activating group) is 1. The molecular formula is C22H26FN5O. The van der Waals surface area contributed by atoms with Gasteiger partial charge in [0.15, 0.2) is 5.82 Å². The van der Waals surface area contributed by atoms with Gasteiger partial charge in [0.05, 0.1) is 11.4 Å². The van der Waals surface area contributed by atoms with Crippen LogP contribution in [0.15, 0.2) is 48.8 Å². The summed E-state index contributed by atoms with van der Waals surface area (Å²) in [5.41, 5.74) is 1.87. The van der Waals surface area contributed by atoms with Gasteiger partial charge in [-0.1, -0.05) is 6.92 Å². The van der Waals surface area contributed by atoms with Crippen LogP contribution in [0.5, 0.6) is 0 Å². The van der Waals surface area contributed by atoms with Crippen LogP contribution in [0, 0.1) is 12.7 Å². The van der Waals surface area contributed by atoms with E-state index in [0.717, 1.165) is 19.5 Å². The maximum atomic E-state index is 13.4. The van der Waals surface area contributed by atoms with Crippen LogP contribution in [0.3, 0.4) is 0 Å². The van der Waals surface area contributed by atoms with E-state index < -0.39 is 0 Å². The molecule has 0 radical (unpaired) electrons. The van der Waals surface area contributed by atoms with Crippen LogP contribution in [0.1, 0.15) is 35.8 Å². The number of amides is 1. The van der Waals surface area contributed by atoms with Crippen LogP contribution in [-0.4, -0.2) is 50.8 Å². The van der Waals surface area contributed by atoms with Gasteiger partial charge in [-0.25, -0.2) is 9.07 Å². The highest BCUT2D eigenvalue weighted by molar-refractivity contribution is 5.98. The molecule has 1 aliphatic rings. The standard InChI is InChI=1S/C22H26FN5O/c1-3-26-14-6-7-19(26)15-24-21(29)20-16(2)25-28(18-10-8-17(23)9-11-18)22(20)27-12-4-5-13-27/h4-5,8-13,19H,3,6-7,14-15H2,1-2H3,(H,24,29)/t19-/m1/s1. The lowest BCUT2D eigenvalue weighted by molar-refractivity contribution is 0.0940. The molecule has 0 unspecified atom stereocenters. The van der Waals surface area contributed by atoms with Gasteiger partial charge in [-0.15, -0.1) is 0 Å². The number of benzene rings is 1. The Bertz CT molecular complexity index is 978. The van der Waals surface area contributed by atoms with E-state index in [4.69, 9.17) is 0 Å². The zero-order valence-corrected chi connectivity index (χ0v) is 16.8. The first-order valence-corrected chi connectivity index (χ1v) is 10.1. The molecule has 3 heterocycles. The lowest BCUT2D eigenvalue weighted by Crippen LogP contribution is -2.40. The lowest BCUT2D eigenvalue weighted by atomic mass is 10.2. The van der Waals surface area contributed by atoms with Gasteiger partial charge < -0.3 is 9.88 Å². The second kappa shape index (κ2) is 8.21. The summed E-state index contributed by atoms with van der Waals surface area (Å²) in [7, 11) is 0. The number of nitrogens with one attached hydrogen (secondary N) is 1. The summed E-state index contributed by atoms with van der Waals surface area (Å²) in [6.45, 7) is 6.69. The van der Waals surface area contributed by atoms with E-state index in [2.05, 4.69) is 22.2 Å². The van der Waals surface area contributed by atoms with Crippen molar-refractivity contribution in [1.29, 1.82) is 0 Å². The van der Waals surface area contributed by atoms with Crippen molar-refractivity contribution in [3.05, 3.63) is 65.9 Å². The van der Waals surface area contributed by atoms with E-state index in [9.17, 15) is 9.18 Å². The molecule has 3 aromatic rings. The Kier molecular flexibility index (Phi) is 5.49. The number of carbonyl (C=O) groups excluding carboxylic acids is 1. The summed E-state index contributed by atoms with van der Waals surface area (Å²) < 4.78 is 17.0. The molecule has 0 aliphatic carbocycles. The minimum atomic E-state index is -0.310. The fourth-order valence-corrected chi connectivity index (χ4v) is 4.10. The number of aryl methyl sites for hydroxylation is 1. The summed E-state index contributed by atoms with van der Waals surface area (Å²) in [6, 6.07) is 10.3. The molecule has 7 heteroatoms. The molecule has 0 bridgehead atoms. The second-order valence-electron chi connectivity index (χ2n) is 7.40. The van der Waals surface area contributed by atoms with E-state index in [1.165, 1.54) is 18.6 Å². The minimum Gasteiger partial charge on any atom is -0.350 e. The average Bonchev–Trinajstić information content (AvgIpc) is 3.46. The number of carbonyl (C=O) groups is 1. The molecule has 1 N–H and O–H groups in total. The van der Waals surface area contributed by atoms with Crippen molar-refractivity contribution in [2.24, 2.45) is 0 Å². The molecule has 1 aliphatic heterocycles. The molecule has 6 nitrogen and oxygen atoms in total. The number of halogens is 1. The quantitative estimate of drug-likeness (QED) is 0.697. The third-order valence-corrected chi connectivity index (χ3v) is 5.59. The first kappa shape index (κ1) is 19.4. The van der Waals surface area contributed by atoms with Crippen LogP contribution < -0.4 is 5.32 Å². The molecule has 29 heavy (non-hydrogen) atoms. The summed E-state index contributed by atoms with van der Waals surface area (Å²) in [4.78, 5) is 15.6. The van der Waals surface area contributed by atoms with Crippen molar-refractivity contribution >= 4 is 5.91 Å². The van der Waals surface area contributed by atoms with E-state index >= 15 is 0 Å². The molecule has 4 rings (SSSR count). The minimum absolute atomic E-state index is 0.137. The Morgan fingerprint density at radius 3 is 2.66 bits per heavy atom. The van der Waals surface area contributed by atoms with E-state index in [0.29, 0.717) is 35.3 Å². The molecule has 1 saturated heterocycles. The van der Waals surface area contributed by atoms with Crippen LogP contribution in [0.25, 0.3) is 11.5 Å². The molecule has 1 aromatic carbocycles. The summed E-state index contributed by atoms with van der Waals surface area (Å²) in [6.07, 6.45) is 6.03. The van der Waals surface area contributed by atoms with Gasteiger partial charge in [-0.2, -0.15) is 5.10 Å². The van der Waals surface area contributed by atoms with Crippen LogP contribution in [0.4, 0.5) is 4.39 Å². The van der Waals surface area contributed by atoms with E-state index in [-0.39, 0.29) is 11.7 Å². The SMILES string of the molecule is CCN1CCC[C@@H]1CNC(=O)c1c(C)nn(-c2ccc(F)cc2)c1-n1cccc1. The monoisotopic (exact) mass is 395 g/mol. The third kappa shape index (κ3) is 3.82.